The van der Waals surface area contributed by atoms with Crippen LogP contribution in [0.15, 0.2) is 24.3 Å². The molecule has 0 aliphatic rings. The zero-order valence-electron chi connectivity index (χ0n) is 8.62. The average Bonchev–Trinajstić information content (AvgIpc) is 2.26. The number of benzene rings is 1. The van der Waals surface area contributed by atoms with Crippen molar-refractivity contribution in [2.24, 2.45) is 0 Å². The fourth-order valence-corrected chi connectivity index (χ4v) is 1.23. The normalized spacial score (nSPS) is 10.1. The SMILES string of the molecule is N#CCCNCc1ccccc1OC(F)F. The van der Waals surface area contributed by atoms with Gasteiger partial charge in [0, 0.05) is 25.1 Å². The zero-order valence-corrected chi connectivity index (χ0v) is 8.62. The van der Waals surface area contributed by atoms with E-state index < -0.39 is 6.61 Å². The second kappa shape index (κ2) is 6.75. The minimum Gasteiger partial charge on any atom is -0.434 e. The van der Waals surface area contributed by atoms with Gasteiger partial charge in [0.05, 0.1) is 6.07 Å². The van der Waals surface area contributed by atoms with Crippen LogP contribution in [0, 0.1) is 11.3 Å². The van der Waals surface area contributed by atoms with Gasteiger partial charge in [0.25, 0.3) is 0 Å². The summed E-state index contributed by atoms with van der Waals surface area (Å²) in [6, 6.07) is 8.57. The Morgan fingerprint density at radius 1 is 1.38 bits per heavy atom. The number of hydrogen-bond donors (Lipinski definition) is 1. The first-order valence-corrected chi connectivity index (χ1v) is 4.84. The highest BCUT2D eigenvalue weighted by atomic mass is 19.3. The summed E-state index contributed by atoms with van der Waals surface area (Å²) in [5, 5.41) is 11.3. The molecule has 0 fully saturated rings. The molecule has 1 rings (SSSR count). The molecule has 1 aromatic carbocycles. The minimum absolute atomic E-state index is 0.168. The van der Waals surface area contributed by atoms with E-state index in [-0.39, 0.29) is 5.75 Å². The van der Waals surface area contributed by atoms with Crippen molar-refractivity contribution >= 4 is 0 Å². The third-order valence-electron chi connectivity index (χ3n) is 1.92. The number of rotatable bonds is 6. The lowest BCUT2D eigenvalue weighted by molar-refractivity contribution is -0.0504. The molecule has 0 spiro atoms. The standard InChI is InChI=1S/C11H12F2N2O/c12-11(13)16-10-5-2-1-4-9(10)8-15-7-3-6-14/h1-2,4-5,11,15H,3,7-8H2. The fraction of sp³-hybridized carbons (Fsp3) is 0.364. The van der Waals surface area contributed by atoms with Gasteiger partial charge in [-0.2, -0.15) is 14.0 Å². The van der Waals surface area contributed by atoms with Crippen LogP contribution in [-0.4, -0.2) is 13.2 Å². The van der Waals surface area contributed by atoms with Gasteiger partial charge in [-0.15, -0.1) is 0 Å². The molecule has 3 nitrogen and oxygen atoms in total. The van der Waals surface area contributed by atoms with Crippen molar-refractivity contribution in [1.82, 2.24) is 5.32 Å². The molecule has 0 radical (unpaired) electrons. The van der Waals surface area contributed by atoms with Crippen molar-refractivity contribution in [3.05, 3.63) is 29.8 Å². The Balaban J connectivity index is 2.54. The summed E-state index contributed by atoms with van der Waals surface area (Å²) in [6.45, 7) is -1.88. The van der Waals surface area contributed by atoms with Crippen LogP contribution in [0.1, 0.15) is 12.0 Å². The summed E-state index contributed by atoms with van der Waals surface area (Å²) >= 11 is 0. The van der Waals surface area contributed by atoms with Gasteiger partial charge in [-0.3, -0.25) is 0 Å². The van der Waals surface area contributed by atoms with Crippen LogP contribution in [0.3, 0.4) is 0 Å². The summed E-state index contributed by atoms with van der Waals surface area (Å²) in [6.07, 6.45) is 0.387. The van der Waals surface area contributed by atoms with Crippen molar-refractivity contribution in [3.8, 4) is 11.8 Å². The van der Waals surface area contributed by atoms with Crippen molar-refractivity contribution < 1.29 is 13.5 Å². The molecule has 0 saturated carbocycles. The largest absolute Gasteiger partial charge is 0.434 e. The van der Waals surface area contributed by atoms with E-state index in [4.69, 9.17) is 5.26 Å². The molecule has 16 heavy (non-hydrogen) atoms. The van der Waals surface area contributed by atoms with Crippen LogP contribution in [0.4, 0.5) is 8.78 Å². The van der Waals surface area contributed by atoms with Gasteiger partial charge < -0.3 is 10.1 Å². The van der Waals surface area contributed by atoms with Crippen LogP contribution in [0.2, 0.25) is 0 Å². The van der Waals surface area contributed by atoms with Gasteiger partial charge >= 0.3 is 6.61 Å². The minimum atomic E-state index is -2.82. The number of alkyl halides is 2. The molecule has 1 aromatic rings. The molecule has 1 N–H and O–H groups in total. The smallest absolute Gasteiger partial charge is 0.387 e. The summed E-state index contributed by atoms with van der Waals surface area (Å²) in [7, 11) is 0. The van der Waals surface area contributed by atoms with Crippen molar-refractivity contribution in [2.75, 3.05) is 6.54 Å². The van der Waals surface area contributed by atoms with E-state index in [1.165, 1.54) is 6.07 Å². The molecule has 86 valence electrons. The molecular weight excluding hydrogens is 214 g/mol. The number of nitrogens with zero attached hydrogens (tertiary/aromatic N) is 1. The Bertz CT molecular complexity index is 363. The van der Waals surface area contributed by atoms with Gasteiger partial charge in [-0.25, -0.2) is 0 Å². The Morgan fingerprint density at radius 2 is 2.12 bits per heavy atom. The molecule has 0 aromatic heterocycles. The lowest BCUT2D eigenvalue weighted by Gasteiger charge is -2.10. The Kier molecular flexibility index (Phi) is 5.23. The molecule has 0 heterocycles. The second-order valence-electron chi connectivity index (χ2n) is 3.07. The van der Waals surface area contributed by atoms with Crippen LogP contribution in [0.25, 0.3) is 0 Å². The Labute approximate surface area is 92.6 Å². The molecule has 0 unspecified atom stereocenters. The number of nitrogens with one attached hydrogen (secondary N) is 1. The quantitative estimate of drug-likeness (QED) is 0.757. The summed E-state index contributed by atoms with van der Waals surface area (Å²) in [4.78, 5) is 0. The lowest BCUT2D eigenvalue weighted by Crippen LogP contribution is -2.15. The molecule has 0 atom stereocenters. The van der Waals surface area contributed by atoms with E-state index >= 15 is 0 Å². The predicted molar refractivity (Wildman–Crippen MR) is 55.0 cm³/mol. The van der Waals surface area contributed by atoms with E-state index in [1.54, 1.807) is 18.2 Å². The Morgan fingerprint density at radius 3 is 2.81 bits per heavy atom. The molecule has 0 aliphatic carbocycles. The number of halogens is 2. The van der Waals surface area contributed by atoms with Gasteiger partial charge in [-0.05, 0) is 6.07 Å². The van der Waals surface area contributed by atoms with Crippen molar-refractivity contribution in [1.29, 1.82) is 5.26 Å². The van der Waals surface area contributed by atoms with E-state index in [0.717, 1.165) is 0 Å². The monoisotopic (exact) mass is 226 g/mol. The number of para-hydroxylation sites is 1. The van der Waals surface area contributed by atoms with Crippen LogP contribution in [-0.2, 0) is 6.54 Å². The highest BCUT2D eigenvalue weighted by Gasteiger charge is 2.08. The van der Waals surface area contributed by atoms with E-state index in [0.29, 0.717) is 25.1 Å². The van der Waals surface area contributed by atoms with Crippen LogP contribution in [0.5, 0.6) is 5.75 Å². The summed E-state index contributed by atoms with van der Waals surface area (Å²) in [5.41, 5.74) is 0.653. The molecule has 5 heteroatoms. The zero-order chi connectivity index (χ0) is 11.8. The second-order valence-corrected chi connectivity index (χ2v) is 3.07. The number of hydrogen-bond acceptors (Lipinski definition) is 3. The molecular formula is C11H12F2N2O. The van der Waals surface area contributed by atoms with Gasteiger partial charge in [0.15, 0.2) is 0 Å². The highest BCUT2D eigenvalue weighted by molar-refractivity contribution is 5.33. The van der Waals surface area contributed by atoms with Crippen molar-refractivity contribution in [2.45, 2.75) is 19.6 Å². The van der Waals surface area contributed by atoms with E-state index in [9.17, 15) is 8.78 Å². The molecule has 0 aliphatic heterocycles. The first kappa shape index (κ1) is 12.4. The molecule has 0 bridgehead atoms. The predicted octanol–water partition coefficient (Wildman–Crippen LogP) is 2.29. The first-order valence-electron chi connectivity index (χ1n) is 4.84. The Hall–Kier alpha value is -1.67. The third kappa shape index (κ3) is 4.24. The molecule has 0 saturated heterocycles. The van der Waals surface area contributed by atoms with Gasteiger partial charge in [-0.1, -0.05) is 18.2 Å². The maximum absolute atomic E-state index is 12.1. The lowest BCUT2D eigenvalue weighted by atomic mass is 10.2. The van der Waals surface area contributed by atoms with Gasteiger partial charge in [0.2, 0.25) is 0 Å². The number of ether oxygens (including phenoxy) is 1. The van der Waals surface area contributed by atoms with Crippen LogP contribution < -0.4 is 10.1 Å². The summed E-state index contributed by atoms with van der Waals surface area (Å²) in [5.74, 6) is 0.168. The number of nitriles is 1. The van der Waals surface area contributed by atoms with E-state index in [2.05, 4.69) is 10.1 Å². The molecule has 0 amide bonds. The fourth-order valence-electron chi connectivity index (χ4n) is 1.23. The maximum atomic E-state index is 12.1. The van der Waals surface area contributed by atoms with Gasteiger partial charge in [0.1, 0.15) is 5.75 Å². The third-order valence-corrected chi connectivity index (χ3v) is 1.92. The highest BCUT2D eigenvalue weighted by Crippen LogP contribution is 2.19. The summed E-state index contributed by atoms with van der Waals surface area (Å²) < 4.78 is 28.5. The van der Waals surface area contributed by atoms with Crippen LogP contribution >= 0.6 is 0 Å². The first-order chi connectivity index (χ1) is 7.74. The topological polar surface area (TPSA) is 45.0 Å². The van der Waals surface area contributed by atoms with Crippen molar-refractivity contribution in [3.63, 3.8) is 0 Å². The average molecular weight is 226 g/mol. The maximum Gasteiger partial charge on any atom is 0.387 e. The van der Waals surface area contributed by atoms with E-state index in [1.807, 2.05) is 6.07 Å².